The van der Waals surface area contributed by atoms with E-state index in [2.05, 4.69) is 69.2 Å². The molecule has 2 heteroatoms. The Morgan fingerprint density at radius 2 is 1.85 bits per heavy atom. The lowest BCUT2D eigenvalue weighted by Gasteiger charge is -2.27. The van der Waals surface area contributed by atoms with Gasteiger partial charge in [-0.3, -0.25) is 0 Å². The third-order valence-corrected chi connectivity index (χ3v) is 4.24. The first kappa shape index (κ1) is 17.2. The lowest BCUT2D eigenvalue weighted by atomic mass is 9.98. The average Bonchev–Trinajstić information content (AvgIpc) is 2.44. The molecular formula is C18H32N2. The minimum Gasteiger partial charge on any atom is -0.310 e. The van der Waals surface area contributed by atoms with Gasteiger partial charge in [-0.2, -0.15) is 0 Å². The van der Waals surface area contributed by atoms with Crippen LogP contribution in [0.1, 0.15) is 57.2 Å². The second kappa shape index (κ2) is 9.15. The SMILES string of the molecule is CCCC(C)N(C)CCC(NCC)c1ccccc1C. The zero-order valence-electron chi connectivity index (χ0n) is 13.9. The van der Waals surface area contributed by atoms with Crippen LogP contribution in [0.3, 0.4) is 0 Å². The number of hydrogen-bond acceptors (Lipinski definition) is 2. The molecule has 0 spiro atoms. The van der Waals surface area contributed by atoms with Crippen LogP contribution in [0.2, 0.25) is 0 Å². The van der Waals surface area contributed by atoms with Crippen molar-refractivity contribution in [3.8, 4) is 0 Å². The first-order chi connectivity index (χ1) is 9.60. The van der Waals surface area contributed by atoms with Crippen molar-refractivity contribution in [2.45, 2.75) is 59.0 Å². The fourth-order valence-electron chi connectivity index (χ4n) is 2.78. The molecule has 0 saturated heterocycles. The van der Waals surface area contributed by atoms with Crippen LogP contribution in [0.4, 0.5) is 0 Å². The molecule has 0 aliphatic carbocycles. The second-order valence-electron chi connectivity index (χ2n) is 5.87. The molecular weight excluding hydrogens is 244 g/mol. The Kier molecular flexibility index (Phi) is 7.86. The summed E-state index contributed by atoms with van der Waals surface area (Å²) < 4.78 is 0. The highest BCUT2D eigenvalue weighted by Gasteiger charge is 2.15. The molecule has 0 bridgehead atoms. The van der Waals surface area contributed by atoms with E-state index in [1.807, 2.05) is 0 Å². The van der Waals surface area contributed by atoms with Crippen LogP contribution in [0.5, 0.6) is 0 Å². The first-order valence-electron chi connectivity index (χ1n) is 8.09. The van der Waals surface area contributed by atoms with E-state index < -0.39 is 0 Å². The summed E-state index contributed by atoms with van der Waals surface area (Å²) in [5.41, 5.74) is 2.84. The second-order valence-corrected chi connectivity index (χ2v) is 5.87. The van der Waals surface area contributed by atoms with Gasteiger partial charge in [0.15, 0.2) is 0 Å². The largest absolute Gasteiger partial charge is 0.310 e. The molecule has 20 heavy (non-hydrogen) atoms. The van der Waals surface area contributed by atoms with Gasteiger partial charge in [0.2, 0.25) is 0 Å². The van der Waals surface area contributed by atoms with Gasteiger partial charge in [-0.25, -0.2) is 0 Å². The Hall–Kier alpha value is -0.860. The summed E-state index contributed by atoms with van der Waals surface area (Å²) >= 11 is 0. The van der Waals surface area contributed by atoms with Crippen LogP contribution in [-0.4, -0.2) is 31.1 Å². The van der Waals surface area contributed by atoms with Gasteiger partial charge in [-0.15, -0.1) is 0 Å². The van der Waals surface area contributed by atoms with Crippen molar-refractivity contribution in [2.24, 2.45) is 0 Å². The highest BCUT2D eigenvalue weighted by atomic mass is 15.1. The van der Waals surface area contributed by atoms with Crippen molar-refractivity contribution in [1.29, 1.82) is 0 Å². The van der Waals surface area contributed by atoms with Crippen molar-refractivity contribution >= 4 is 0 Å². The predicted molar refractivity (Wildman–Crippen MR) is 89.2 cm³/mol. The lowest BCUT2D eigenvalue weighted by Crippen LogP contribution is -2.33. The van der Waals surface area contributed by atoms with E-state index in [0.717, 1.165) is 13.1 Å². The molecule has 0 heterocycles. The molecule has 1 aromatic carbocycles. The van der Waals surface area contributed by atoms with E-state index in [0.29, 0.717) is 12.1 Å². The third kappa shape index (κ3) is 5.26. The standard InChI is InChI=1S/C18H32N2/c1-6-10-16(4)20(5)14-13-18(19-7-2)17-12-9-8-11-15(17)3/h8-9,11-12,16,18-19H,6-7,10,13-14H2,1-5H3. The zero-order chi connectivity index (χ0) is 15.0. The van der Waals surface area contributed by atoms with E-state index in [9.17, 15) is 0 Å². The van der Waals surface area contributed by atoms with E-state index in [1.165, 1.54) is 30.4 Å². The van der Waals surface area contributed by atoms with E-state index in [-0.39, 0.29) is 0 Å². The number of hydrogen-bond donors (Lipinski definition) is 1. The van der Waals surface area contributed by atoms with Gasteiger partial charge >= 0.3 is 0 Å². The average molecular weight is 276 g/mol. The molecule has 0 fully saturated rings. The van der Waals surface area contributed by atoms with Gasteiger partial charge in [-0.1, -0.05) is 44.5 Å². The number of aryl methyl sites for hydroxylation is 1. The summed E-state index contributed by atoms with van der Waals surface area (Å²) in [6.45, 7) is 11.2. The van der Waals surface area contributed by atoms with E-state index >= 15 is 0 Å². The smallest absolute Gasteiger partial charge is 0.0334 e. The highest BCUT2D eigenvalue weighted by molar-refractivity contribution is 5.28. The van der Waals surface area contributed by atoms with Gasteiger partial charge in [0.1, 0.15) is 0 Å². The molecule has 0 saturated carbocycles. The molecule has 0 aliphatic heterocycles. The van der Waals surface area contributed by atoms with E-state index in [4.69, 9.17) is 0 Å². The monoisotopic (exact) mass is 276 g/mol. The minimum atomic E-state index is 0.470. The van der Waals surface area contributed by atoms with Gasteiger partial charge in [0, 0.05) is 12.1 Å². The highest BCUT2D eigenvalue weighted by Crippen LogP contribution is 2.21. The predicted octanol–water partition coefficient (Wildman–Crippen LogP) is 4.16. The van der Waals surface area contributed by atoms with Crippen LogP contribution < -0.4 is 5.32 Å². The molecule has 2 nitrogen and oxygen atoms in total. The molecule has 2 unspecified atom stereocenters. The third-order valence-electron chi connectivity index (χ3n) is 4.24. The van der Waals surface area contributed by atoms with E-state index in [1.54, 1.807) is 0 Å². The molecule has 2 atom stereocenters. The summed E-state index contributed by atoms with van der Waals surface area (Å²) in [6.07, 6.45) is 3.72. The molecule has 0 amide bonds. The number of nitrogens with one attached hydrogen (secondary N) is 1. The summed E-state index contributed by atoms with van der Waals surface area (Å²) in [6, 6.07) is 9.89. The Bertz CT molecular complexity index is 375. The maximum absolute atomic E-state index is 3.64. The van der Waals surface area contributed by atoms with Crippen molar-refractivity contribution in [3.63, 3.8) is 0 Å². The number of benzene rings is 1. The van der Waals surface area contributed by atoms with Crippen molar-refractivity contribution in [3.05, 3.63) is 35.4 Å². The van der Waals surface area contributed by atoms with Gasteiger partial charge in [0.25, 0.3) is 0 Å². The lowest BCUT2D eigenvalue weighted by molar-refractivity contribution is 0.231. The first-order valence-corrected chi connectivity index (χ1v) is 8.09. The maximum atomic E-state index is 3.64. The summed E-state index contributed by atoms with van der Waals surface area (Å²) in [5.74, 6) is 0. The normalized spacial score (nSPS) is 14.5. The van der Waals surface area contributed by atoms with Crippen LogP contribution in [0.15, 0.2) is 24.3 Å². The summed E-state index contributed by atoms with van der Waals surface area (Å²) in [5, 5.41) is 3.64. The van der Waals surface area contributed by atoms with Crippen LogP contribution in [0, 0.1) is 6.92 Å². The quantitative estimate of drug-likeness (QED) is 0.728. The fourth-order valence-corrected chi connectivity index (χ4v) is 2.78. The molecule has 1 N–H and O–H groups in total. The van der Waals surface area contributed by atoms with Crippen molar-refractivity contribution < 1.29 is 0 Å². The molecule has 1 aromatic rings. The molecule has 0 aliphatic rings. The van der Waals surface area contributed by atoms with Crippen LogP contribution in [-0.2, 0) is 0 Å². The molecule has 1 rings (SSSR count). The Balaban J connectivity index is 2.62. The molecule has 114 valence electrons. The fraction of sp³-hybridized carbons (Fsp3) is 0.667. The number of nitrogens with zero attached hydrogens (tertiary/aromatic N) is 1. The van der Waals surface area contributed by atoms with Crippen LogP contribution >= 0.6 is 0 Å². The van der Waals surface area contributed by atoms with Gasteiger partial charge in [-0.05, 0) is 58.0 Å². The zero-order valence-corrected chi connectivity index (χ0v) is 13.9. The van der Waals surface area contributed by atoms with Gasteiger partial charge < -0.3 is 10.2 Å². The summed E-state index contributed by atoms with van der Waals surface area (Å²) in [7, 11) is 2.25. The summed E-state index contributed by atoms with van der Waals surface area (Å²) in [4.78, 5) is 2.49. The Morgan fingerprint density at radius 1 is 1.15 bits per heavy atom. The maximum Gasteiger partial charge on any atom is 0.0334 e. The van der Waals surface area contributed by atoms with Gasteiger partial charge in [0.05, 0.1) is 0 Å². The Labute approximate surface area is 125 Å². The van der Waals surface area contributed by atoms with Crippen molar-refractivity contribution in [2.75, 3.05) is 20.1 Å². The molecule has 0 aromatic heterocycles. The number of rotatable bonds is 9. The minimum absolute atomic E-state index is 0.470. The molecule has 0 radical (unpaired) electrons. The Morgan fingerprint density at radius 3 is 2.45 bits per heavy atom. The topological polar surface area (TPSA) is 15.3 Å². The van der Waals surface area contributed by atoms with Crippen LogP contribution in [0.25, 0.3) is 0 Å². The van der Waals surface area contributed by atoms with Crippen molar-refractivity contribution in [1.82, 2.24) is 10.2 Å².